The second-order valence-electron chi connectivity index (χ2n) is 4.55. The first-order valence-corrected chi connectivity index (χ1v) is 7.92. The van der Waals surface area contributed by atoms with E-state index in [-0.39, 0.29) is 12.3 Å². The lowest BCUT2D eigenvalue weighted by molar-refractivity contribution is -0.145. The van der Waals surface area contributed by atoms with Crippen LogP contribution < -0.4 is 0 Å². The topological polar surface area (TPSA) is 63.7 Å². The summed E-state index contributed by atoms with van der Waals surface area (Å²) in [5.41, 5.74) is 0.896. The number of carbonyl (C=O) groups is 1. The fourth-order valence-electron chi connectivity index (χ4n) is 2.17. The third-order valence-corrected chi connectivity index (χ3v) is 4.94. The van der Waals surface area contributed by atoms with Gasteiger partial charge in [0.15, 0.2) is 0 Å². The summed E-state index contributed by atoms with van der Waals surface area (Å²) in [6.45, 7) is 0.203. The molecule has 1 aliphatic rings. The highest BCUT2D eigenvalue weighted by Crippen LogP contribution is 2.17. The van der Waals surface area contributed by atoms with Gasteiger partial charge in [-0.05, 0) is 12.0 Å². The Hall–Kier alpha value is -1.66. The first-order chi connectivity index (χ1) is 9.54. The van der Waals surface area contributed by atoms with Gasteiger partial charge in [0.25, 0.3) is 0 Å². The molecule has 1 aromatic carbocycles. The molecule has 0 fully saturated rings. The van der Waals surface area contributed by atoms with Crippen LogP contribution in [0, 0.1) is 0 Å². The van der Waals surface area contributed by atoms with Gasteiger partial charge in [-0.25, -0.2) is 8.42 Å². The summed E-state index contributed by atoms with van der Waals surface area (Å²) in [6.07, 6.45) is 3.66. The minimum Gasteiger partial charge on any atom is -0.468 e. The minimum atomic E-state index is -3.45. The zero-order valence-electron chi connectivity index (χ0n) is 11.2. The predicted molar refractivity (Wildman–Crippen MR) is 75.6 cm³/mol. The Morgan fingerprint density at radius 3 is 2.60 bits per heavy atom. The molecule has 1 aliphatic heterocycles. The van der Waals surface area contributed by atoms with E-state index in [1.165, 1.54) is 11.4 Å². The van der Waals surface area contributed by atoms with Crippen molar-refractivity contribution in [3.8, 4) is 0 Å². The Bertz CT molecular complexity index is 595. The van der Waals surface area contributed by atoms with Crippen molar-refractivity contribution in [2.24, 2.45) is 0 Å². The molecule has 0 spiro atoms. The van der Waals surface area contributed by atoms with Gasteiger partial charge in [-0.15, -0.1) is 0 Å². The number of methoxy groups -OCH3 is 1. The maximum absolute atomic E-state index is 12.1. The van der Waals surface area contributed by atoms with E-state index in [1.54, 1.807) is 12.2 Å². The first kappa shape index (κ1) is 14.7. The van der Waals surface area contributed by atoms with Crippen LogP contribution in [0.15, 0.2) is 42.5 Å². The minimum absolute atomic E-state index is 0.0741. The third-order valence-electron chi connectivity index (χ3n) is 3.21. The van der Waals surface area contributed by atoms with E-state index in [9.17, 15) is 13.2 Å². The van der Waals surface area contributed by atoms with Crippen molar-refractivity contribution in [2.75, 3.05) is 19.4 Å². The highest BCUT2D eigenvalue weighted by atomic mass is 32.2. The molecule has 1 aromatic rings. The number of hydrogen-bond donors (Lipinski definition) is 0. The number of carbonyl (C=O) groups excluding carboxylic acids is 1. The number of esters is 1. The molecule has 5 nitrogen and oxygen atoms in total. The summed E-state index contributed by atoms with van der Waals surface area (Å²) in [7, 11) is -2.18. The molecular formula is C14H17NO4S. The van der Waals surface area contributed by atoms with Gasteiger partial charge >= 0.3 is 5.97 Å². The van der Waals surface area contributed by atoms with E-state index in [2.05, 4.69) is 0 Å². The van der Waals surface area contributed by atoms with Gasteiger partial charge < -0.3 is 4.74 Å². The number of rotatable bonds is 4. The van der Waals surface area contributed by atoms with Crippen LogP contribution in [0.4, 0.5) is 0 Å². The van der Waals surface area contributed by atoms with E-state index in [0.29, 0.717) is 6.42 Å². The lowest BCUT2D eigenvalue weighted by Gasteiger charge is -2.29. The SMILES string of the molecule is COC(=O)[C@H](Cc1ccccc1)N1CC=CCS1(=O)=O. The van der Waals surface area contributed by atoms with Crippen LogP contribution in [0.3, 0.4) is 0 Å². The van der Waals surface area contributed by atoms with E-state index >= 15 is 0 Å². The number of nitrogens with zero attached hydrogens (tertiary/aromatic N) is 1. The Kier molecular flexibility index (Phi) is 4.57. The Morgan fingerprint density at radius 1 is 1.30 bits per heavy atom. The molecule has 20 heavy (non-hydrogen) atoms. The normalized spacial score (nSPS) is 19.4. The maximum atomic E-state index is 12.1. The Morgan fingerprint density at radius 2 is 2.00 bits per heavy atom. The molecular weight excluding hydrogens is 278 g/mol. The van der Waals surface area contributed by atoms with E-state index in [4.69, 9.17) is 4.74 Å². The molecule has 0 aromatic heterocycles. The molecule has 108 valence electrons. The quantitative estimate of drug-likeness (QED) is 0.613. The fraction of sp³-hybridized carbons (Fsp3) is 0.357. The van der Waals surface area contributed by atoms with Crippen LogP contribution in [0.5, 0.6) is 0 Å². The monoisotopic (exact) mass is 295 g/mol. The Balaban J connectivity index is 2.28. The smallest absolute Gasteiger partial charge is 0.324 e. The van der Waals surface area contributed by atoms with Crippen molar-refractivity contribution in [2.45, 2.75) is 12.5 Å². The van der Waals surface area contributed by atoms with Gasteiger partial charge in [-0.2, -0.15) is 4.31 Å². The number of sulfonamides is 1. The summed E-state index contributed by atoms with van der Waals surface area (Å²) in [6, 6.07) is 8.49. The largest absolute Gasteiger partial charge is 0.468 e. The van der Waals surface area contributed by atoms with Crippen LogP contribution in [0.1, 0.15) is 5.56 Å². The van der Waals surface area contributed by atoms with Crippen molar-refractivity contribution in [1.29, 1.82) is 0 Å². The van der Waals surface area contributed by atoms with Crippen LogP contribution in [0.2, 0.25) is 0 Å². The molecule has 0 saturated carbocycles. The van der Waals surface area contributed by atoms with Gasteiger partial charge in [0, 0.05) is 6.54 Å². The van der Waals surface area contributed by atoms with Gasteiger partial charge in [0.2, 0.25) is 10.0 Å². The van der Waals surface area contributed by atoms with Crippen molar-refractivity contribution in [1.82, 2.24) is 4.31 Å². The predicted octanol–water partition coefficient (Wildman–Crippen LogP) is 0.972. The molecule has 1 heterocycles. The summed E-state index contributed by atoms with van der Waals surface area (Å²) < 4.78 is 30.2. The molecule has 2 rings (SSSR count). The summed E-state index contributed by atoms with van der Waals surface area (Å²) >= 11 is 0. The molecule has 0 bridgehead atoms. The molecule has 0 aliphatic carbocycles. The number of hydrogen-bond acceptors (Lipinski definition) is 4. The molecule has 6 heteroatoms. The molecule has 0 unspecified atom stereocenters. The summed E-state index contributed by atoms with van der Waals surface area (Å²) in [5, 5.41) is 0. The van der Waals surface area contributed by atoms with Gasteiger partial charge in [0.1, 0.15) is 6.04 Å². The van der Waals surface area contributed by atoms with Crippen molar-refractivity contribution >= 4 is 16.0 Å². The lowest BCUT2D eigenvalue weighted by Crippen LogP contribution is -2.48. The number of ether oxygens (including phenoxy) is 1. The Labute approximate surface area is 118 Å². The van der Waals surface area contributed by atoms with E-state index in [1.807, 2.05) is 30.3 Å². The standard InChI is InChI=1S/C14H17NO4S/c1-19-14(16)13(11-12-7-3-2-4-8-12)15-9-5-6-10-20(15,17)18/h2-8,13H,9-11H2,1H3/t13-/m0/s1. The molecule has 0 saturated heterocycles. The zero-order chi connectivity index (χ0) is 14.6. The highest BCUT2D eigenvalue weighted by Gasteiger charge is 2.35. The first-order valence-electron chi connectivity index (χ1n) is 6.31. The van der Waals surface area contributed by atoms with Crippen LogP contribution >= 0.6 is 0 Å². The zero-order valence-corrected chi connectivity index (χ0v) is 12.0. The molecule has 0 amide bonds. The van der Waals surface area contributed by atoms with Crippen molar-refractivity contribution in [3.05, 3.63) is 48.0 Å². The summed E-state index contributed by atoms with van der Waals surface area (Å²) in [4.78, 5) is 12.0. The van der Waals surface area contributed by atoms with Crippen LogP contribution in [-0.2, 0) is 26.0 Å². The van der Waals surface area contributed by atoms with Crippen LogP contribution in [-0.4, -0.2) is 44.1 Å². The van der Waals surface area contributed by atoms with E-state index in [0.717, 1.165) is 5.56 Å². The van der Waals surface area contributed by atoms with E-state index < -0.39 is 22.0 Å². The van der Waals surface area contributed by atoms with Crippen molar-refractivity contribution in [3.63, 3.8) is 0 Å². The number of benzene rings is 1. The summed E-state index contributed by atoms with van der Waals surface area (Å²) in [5.74, 6) is -0.609. The van der Waals surface area contributed by atoms with Gasteiger partial charge in [0.05, 0.1) is 12.9 Å². The average molecular weight is 295 g/mol. The van der Waals surface area contributed by atoms with Gasteiger partial charge in [-0.3, -0.25) is 4.79 Å². The van der Waals surface area contributed by atoms with Crippen molar-refractivity contribution < 1.29 is 17.9 Å². The molecule has 1 atom stereocenters. The maximum Gasteiger partial charge on any atom is 0.324 e. The van der Waals surface area contributed by atoms with Gasteiger partial charge in [-0.1, -0.05) is 42.5 Å². The lowest BCUT2D eigenvalue weighted by atomic mass is 10.1. The fourth-order valence-corrected chi connectivity index (χ4v) is 3.61. The molecule has 0 radical (unpaired) electrons. The third kappa shape index (κ3) is 3.26. The average Bonchev–Trinajstić information content (AvgIpc) is 2.45. The second-order valence-corrected chi connectivity index (χ2v) is 6.51. The second kappa shape index (κ2) is 6.19. The molecule has 0 N–H and O–H groups in total. The van der Waals surface area contributed by atoms with Crippen LogP contribution in [0.25, 0.3) is 0 Å². The highest BCUT2D eigenvalue weighted by molar-refractivity contribution is 7.89.